The van der Waals surface area contributed by atoms with Gasteiger partial charge in [0.25, 0.3) is 0 Å². The number of hydrogen-bond donors (Lipinski definition) is 1. The second-order valence-corrected chi connectivity index (χ2v) is 4.88. The number of carbonyl (C=O) groups is 2. The molecular formula is C14H22O4S. The van der Waals surface area contributed by atoms with Crippen LogP contribution in [0.25, 0.3) is 0 Å². The van der Waals surface area contributed by atoms with Crippen LogP contribution in [0.15, 0.2) is 17.0 Å². The van der Waals surface area contributed by atoms with Gasteiger partial charge in [0.2, 0.25) is 0 Å². The zero-order valence-electron chi connectivity index (χ0n) is 12.1. The summed E-state index contributed by atoms with van der Waals surface area (Å²) < 4.78 is 4.25. The Morgan fingerprint density at radius 1 is 1.26 bits per heavy atom. The van der Waals surface area contributed by atoms with Crippen molar-refractivity contribution in [1.29, 1.82) is 0 Å². The Morgan fingerprint density at radius 2 is 1.68 bits per heavy atom. The van der Waals surface area contributed by atoms with Gasteiger partial charge in [-0.15, -0.1) is 11.8 Å². The summed E-state index contributed by atoms with van der Waals surface area (Å²) in [5, 5.41) is 8.99. The maximum absolute atomic E-state index is 10.9. The van der Waals surface area contributed by atoms with Gasteiger partial charge in [0.1, 0.15) is 6.79 Å². The lowest BCUT2D eigenvalue weighted by Crippen LogP contribution is -2.00. The van der Waals surface area contributed by atoms with Gasteiger partial charge in [-0.1, -0.05) is 6.92 Å². The average molecular weight is 286 g/mol. The van der Waals surface area contributed by atoms with E-state index in [0.717, 1.165) is 21.8 Å². The molecule has 1 rings (SSSR count). The standard InChI is InChI=1S/C11H14O2S.C2H6O.CH2O/c1-4-14-10-6-8(3)7(2)5-9(10)11(12)13;1-3-2;1-2/h5-6H,4H2,1-3H3,(H,12,13);1-2H3;1H2. The smallest absolute Gasteiger partial charge is 0.336 e. The predicted molar refractivity (Wildman–Crippen MR) is 79.3 cm³/mol. The van der Waals surface area contributed by atoms with Crippen molar-refractivity contribution in [3.05, 3.63) is 28.8 Å². The van der Waals surface area contributed by atoms with E-state index in [1.54, 1.807) is 32.0 Å². The highest BCUT2D eigenvalue weighted by Crippen LogP contribution is 2.25. The topological polar surface area (TPSA) is 63.6 Å². The Kier molecular flexibility index (Phi) is 12.4. The highest BCUT2D eigenvalue weighted by atomic mass is 32.2. The van der Waals surface area contributed by atoms with Crippen molar-refractivity contribution < 1.29 is 19.4 Å². The molecule has 4 nitrogen and oxygen atoms in total. The number of rotatable bonds is 3. The Labute approximate surface area is 119 Å². The minimum Gasteiger partial charge on any atom is -0.478 e. The fraction of sp³-hybridized carbons (Fsp3) is 0.429. The molecule has 1 aromatic rings. The first kappa shape index (κ1) is 20.0. The summed E-state index contributed by atoms with van der Waals surface area (Å²) in [7, 11) is 3.25. The number of methoxy groups -OCH3 is 1. The van der Waals surface area contributed by atoms with Gasteiger partial charge in [-0.05, 0) is 42.9 Å². The first-order valence-electron chi connectivity index (χ1n) is 5.64. The summed E-state index contributed by atoms with van der Waals surface area (Å²) in [5.41, 5.74) is 2.59. The zero-order chi connectivity index (χ0) is 15.4. The fourth-order valence-electron chi connectivity index (χ4n) is 1.23. The molecule has 0 radical (unpaired) electrons. The van der Waals surface area contributed by atoms with E-state index in [0.29, 0.717) is 5.56 Å². The van der Waals surface area contributed by atoms with E-state index < -0.39 is 5.97 Å². The van der Waals surface area contributed by atoms with Crippen LogP contribution in [-0.4, -0.2) is 37.8 Å². The molecule has 0 heterocycles. The Bertz CT molecular complexity index is 391. The first-order chi connectivity index (χ1) is 8.97. The van der Waals surface area contributed by atoms with E-state index >= 15 is 0 Å². The van der Waals surface area contributed by atoms with Crippen molar-refractivity contribution in [2.75, 3.05) is 20.0 Å². The number of aromatic carboxylic acids is 1. The van der Waals surface area contributed by atoms with E-state index in [9.17, 15) is 4.79 Å². The van der Waals surface area contributed by atoms with Crippen LogP contribution in [-0.2, 0) is 9.53 Å². The van der Waals surface area contributed by atoms with Gasteiger partial charge < -0.3 is 14.6 Å². The average Bonchev–Trinajstić information content (AvgIpc) is 2.37. The third-order valence-electron chi connectivity index (χ3n) is 2.13. The number of aryl methyl sites for hydroxylation is 2. The normalized spacial score (nSPS) is 8.68. The molecule has 0 bridgehead atoms. The third-order valence-corrected chi connectivity index (χ3v) is 3.06. The summed E-state index contributed by atoms with van der Waals surface area (Å²) in [6.45, 7) is 7.95. The zero-order valence-corrected chi connectivity index (χ0v) is 13.0. The largest absolute Gasteiger partial charge is 0.478 e. The van der Waals surface area contributed by atoms with Crippen LogP contribution >= 0.6 is 11.8 Å². The lowest BCUT2D eigenvalue weighted by molar-refractivity contribution is -0.0980. The first-order valence-corrected chi connectivity index (χ1v) is 6.62. The summed E-state index contributed by atoms with van der Waals surface area (Å²) in [4.78, 5) is 19.8. The minimum atomic E-state index is -0.843. The number of benzene rings is 1. The lowest BCUT2D eigenvalue weighted by atomic mass is 10.1. The van der Waals surface area contributed by atoms with E-state index in [2.05, 4.69) is 4.74 Å². The van der Waals surface area contributed by atoms with Crippen LogP contribution in [0.2, 0.25) is 0 Å². The highest BCUT2D eigenvalue weighted by Gasteiger charge is 2.11. The monoisotopic (exact) mass is 286 g/mol. The van der Waals surface area contributed by atoms with Crippen molar-refractivity contribution in [3.63, 3.8) is 0 Å². The molecule has 0 aromatic heterocycles. The van der Waals surface area contributed by atoms with Gasteiger partial charge in [-0.2, -0.15) is 0 Å². The molecule has 0 saturated heterocycles. The molecule has 0 spiro atoms. The van der Waals surface area contributed by atoms with Crippen LogP contribution in [0.5, 0.6) is 0 Å². The van der Waals surface area contributed by atoms with Crippen LogP contribution < -0.4 is 0 Å². The van der Waals surface area contributed by atoms with Crippen LogP contribution in [0.1, 0.15) is 28.4 Å². The number of hydrogen-bond acceptors (Lipinski definition) is 4. The van der Waals surface area contributed by atoms with Crippen molar-refractivity contribution in [1.82, 2.24) is 0 Å². The molecule has 0 unspecified atom stereocenters. The number of carboxylic acid groups (broad SMARTS) is 1. The van der Waals surface area contributed by atoms with Crippen molar-refractivity contribution in [2.45, 2.75) is 25.7 Å². The van der Waals surface area contributed by atoms with Gasteiger partial charge >= 0.3 is 5.97 Å². The summed E-state index contributed by atoms with van der Waals surface area (Å²) in [6, 6.07) is 3.70. The van der Waals surface area contributed by atoms with Gasteiger partial charge in [0.15, 0.2) is 0 Å². The van der Waals surface area contributed by atoms with Crippen molar-refractivity contribution >= 4 is 24.5 Å². The fourth-order valence-corrected chi connectivity index (χ4v) is 2.10. The van der Waals surface area contributed by atoms with Crippen molar-refractivity contribution in [3.8, 4) is 0 Å². The van der Waals surface area contributed by atoms with Gasteiger partial charge in [0, 0.05) is 19.1 Å². The number of carbonyl (C=O) groups excluding carboxylic acids is 1. The Balaban J connectivity index is 0. The maximum Gasteiger partial charge on any atom is 0.336 e. The van der Waals surface area contributed by atoms with Gasteiger partial charge in [-0.25, -0.2) is 4.79 Å². The molecule has 0 aliphatic rings. The Hall–Kier alpha value is -1.33. The number of ether oxygens (including phenoxy) is 1. The summed E-state index contributed by atoms with van der Waals surface area (Å²) in [6.07, 6.45) is 0. The van der Waals surface area contributed by atoms with E-state index in [4.69, 9.17) is 9.90 Å². The minimum absolute atomic E-state index is 0.417. The molecule has 108 valence electrons. The molecule has 0 aliphatic heterocycles. The SMILES string of the molecule is C=O.CCSc1cc(C)c(C)cc1C(=O)O.COC. The number of carboxylic acids is 1. The molecule has 0 aliphatic carbocycles. The molecule has 19 heavy (non-hydrogen) atoms. The molecule has 0 saturated carbocycles. The molecule has 1 N–H and O–H groups in total. The van der Waals surface area contributed by atoms with E-state index in [-0.39, 0.29) is 0 Å². The number of thioether (sulfide) groups is 1. The molecule has 0 amide bonds. The summed E-state index contributed by atoms with van der Waals surface area (Å²) in [5.74, 6) is 0.0482. The van der Waals surface area contributed by atoms with Crippen molar-refractivity contribution in [2.24, 2.45) is 0 Å². The molecule has 5 heteroatoms. The molecular weight excluding hydrogens is 264 g/mol. The van der Waals surface area contributed by atoms with Crippen LogP contribution in [0.3, 0.4) is 0 Å². The predicted octanol–water partition coefficient (Wildman–Crippen LogP) is 3.19. The van der Waals surface area contributed by atoms with Crippen LogP contribution in [0, 0.1) is 13.8 Å². The quantitative estimate of drug-likeness (QED) is 0.865. The Morgan fingerprint density at radius 3 is 2.05 bits per heavy atom. The lowest BCUT2D eigenvalue weighted by Gasteiger charge is -2.08. The maximum atomic E-state index is 10.9. The van der Waals surface area contributed by atoms with E-state index in [1.807, 2.05) is 33.6 Å². The van der Waals surface area contributed by atoms with E-state index in [1.165, 1.54) is 0 Å². The second kappa shape index (κ2) is 11.7. The van der Waals surface area contributed by atoms with Gasteiger partial charge in [-0.3, -0.25) is 0 Å². The second-order valence-electron chi connectivity index (χ2n) is 3.58. The summed E-state index contributed by atoms with van der Waals surface area (Å²) >= 11 is 1.57. The molecule has 0 fully saturated rings. The highest BCUT2D eigenvalue weighted by molar-refractivity contribution is 7.99. The van der Waals surface area contributed by atoms with Crippen LogP contribution in [0.4, 0.5) is 0 Å². The molecule has 0 atom stereocenters. The van der Waals surface area contributed by atoms with Gasteiger partial charge in [0.05, 0.1) is 5.56 Å². The third kappa shape index (κ3) is 7.64. The molecule has 1 aromatic carbocycles.